The van der Waals surface area contributed by atoms with Crippen LogP contribution in [0.5, 0.6) is 0 Å². The second kappa shape index (κ2) is 7.76. The van der Waals surface area contributed by atoms with E-state index in [9.17, 15) is 23.1 Å². The van der Waals surface area contributed by atoms with Gasteiger partial charge in [-0.15, -0.1) is 0 Å². The summed E-state index contributed by atoms with van der Waals surface area (Å²) in [5, 5.41) is 13.6. The van der Waals surface area contributed by atoms with Gasteiger partial charge in [0.2, 0.25) is 0 Å². The molecule has 2 fully saturated rings. The van der Waals surface area contributed by atoms with Gasteiger partial charge < -0.3 is 20.3 Å². The quantitative estimate of drug-likeness (QED) is 0.648. The topological polar surface area (TPSA) is 68.4 Å². The highest BCUT2D eigenvalue weighted by molar-refractivity contribution is 5.86. The third kappa shape index (κ3) is 3.61. The number of carbonyl (C=O) groups is 1. The van der Waals surface area contributed by atoms with Gasteiger partial charge in [0, 0.05) is 29.7 Å². The Labute approximate surface area is 185 Å². The first-order valence-corrected chi connectivity index (χ1v) is 11.6. The third-order valence-electron chi connectivity index (χ3n) is 8.21. The van der Waals surface area contributed by atoms with Crippen LogP contribution < -0.4 is 5.32 Å². The summed E-state index contributed by atoms with van der Waals surface area (Å²) in [6, 6.07) is 4.00. The van der Waals surface area contributed by atoms with Crippen molar-refractivity contribution in [2.45, 2.75) is 56.7 Å². The van der Waals surface area contributed by atoms with E-state index < -0.39 is 23.2 Å². The molecule has 1 aliphatic carbocycles. The number of benzene rings is 1. The molecule has 5 nitrogen and oxygen atoms in total. The van der Waals surface area contributed by atoms with Gasteiger partial charge in [-0.25, -0.2) is 0 Å². The van der Waals surface area contributed by atoms with Crippen molar-refractivity contribution < 1.29 is 23.1 Å². The van der Waals surface area contributed by atoms with Gasteiger partial charge >= 0.3 is 12.1 Å². The van der Waals surface area contributed by atoms with Gasteiger partial charge in [0.05, 0.1) is 5.56 Å². The number of aromatic nitrogens is 1. The van der Waals surface area contributed by atoms with Crippen molar-refractivity contribution in [2.75, 3.05) is 26.2 Å². The standard InChI is InChI=1S/C24H30F3N3O2/c1-14-18-13-30(10-7-23(22(31)32)6-2-8-28-23)9-5-15(18)11-20-21(14)17-12-16(24(25,26)27)3-4-19(17)29-20/h3-4,12,14-15,18,28-29H,2,5-11,13H2,1H3,(H,31,32)/t14?,15?,18-,23?/m1/s1. The van der Waals surface area contributed by atoms with E-state index in [1.54, 1.807) is 6.07 Å². The normalized spacial score (nSPS) is 30.9. The van der Waals surface area contributed by atoms with Gasteiger partial charge in [-0.05, 0) is 86.7 Å². The number of hydrogen-bond donors (Lipinski definition) is 3. The number of rotatable bonds is 4. The van der Waals surface area contributed by atoms with Crippen molar-refractivity contribution in [2.24, 2.45) is 11.8 Å². The van der Waals surface area contributed by atoms with Gasteiger partial charge in [0.25, 0.3) is 0 Å². The van der Waals surface area contributed by atoms with Crippen LogP contribution in [0.3, 0.4) is 0 Å². The lowest BCUT2D eigenvalue weighted by Crippen LogP contribution is -2.51. The largest absolute Gasteiger partial charge is 0.480 e. The minimum absolute atomic E-state index is 0.154. The van der Waals surface area contributed by atoms with Gasteiger partial charge in [-0.2, -0.15) is 13.2 Å². The summed E-state index contributed by atoms with van der Waals surface area (Å²) in [5.74, 6) is 0.255. The van der Waals surface area contributed by atoms with Crippen LogP contribution in [0.1, 0.15) is 55.3 Å². The molecule has 3 N–H and O–H groups in total. The Morgan fingerprint density at radius 1 is 1.34 bits per heavy atom. The van der Waals surface area contributed by atoms with Crippen LogP contribution in [0, 0.1) is 11.8 Å². The highest BCUT2D eigenvalue weighted by Gasteiger charge is 2.43. The average Bonchev–Trinajstić information content (AvgIpc) is 3.37. The molecule has 4 atom stereocenters. The van der Waals surface area contributed by atoms with Crippen molar-refractivity contribution >= 4 is 16.9 Å². The predicted molar refractivity (Wildman–Crippen MR) is 116 cm³/mol. The fourth-order valence-corrected chi connectivity index (χ4v) is 6.38. The van der Waals surface area contributed by atoms with Crippen molar-refractivity contribution in [3.8, 4) is 0 Å². The summed E-state index contributed by atoms with van der Waals surface area (Å²) in [5.41, 5.74) is 1.48. The first-order chi connectivity index (χ1) is 15.2. The highest BCUT2D eigenvalue weighted by atomic mass is 19.4. The maximum atomic E-state index is 13.3. The fraction of sp³-hybridized carbons (Fsp3) is 0.625. The van der Waals surface area contributed by atoms with Gasteiger partial charge in [-0.1, -0.05) is 6.92 Å². The van der Waals surface area contributed by atoms with E-state index in [0.29, 0.717) is 30.1 Å². The zero-order valence-corrected chi connectivity index (χ0v) is 18.3. The third-order valence-corrected chi connectivity index (χ3v) is 8.21. The first kappa shape index (κ1) is 21.8. The van der Waals surface area contributed by atoms with Crippen LogP contribution in [-0.4, -0.2) is 52.7 Å². The van der Waals surface area contributed by atoms with Crippen molar-refractivity contribution in [3.05, 3.63) is 35.0 Å². The van der Waals surface area contributed by atoms with Crippen molar-refractivity contribution in [3.63, 3.8) is 0 Å². The lowest BCUT2D eigenvalue weighted by atomic mass is 9.68. The number of nitrogens with one attached hydrogen (secondary N) is 2. The Kier molecular flexibility index (Phi) is 5.28. The summed E-state index contributed by atoms with van der Waals surface area (Å²) in [4.78, 5) is 17.6. The average molecular weight is 450 g/mol. The number of carboxylic acid groups (broad SMARTS) is 1. The molecule has 3 unspecified atom stereocenters. The number of fused-ring (bicyclic) bond motifs is 4. The van der Waals surface area contributed by atoms with Crippen LogP contribution in [0.25, 0.3) is 10.9 Å². The second-order valence-corrected chi connectivity index (χ2v) is 9.95. The zero-order valence-electron chi connectivity index (χ0n) is 18.3. The molecule has 2 aliphatic heterocycles. The molecule has 1 aromatic heterocycles. The lowest BCUT2D eigenvalue weighted by Gasteiger charge is -2.45. The number of aliphatic carboxylic acids is 1. The predicted octanol–water partition coefficient (Wildman–Crippen LogP) is 4.38. The molecule has 3 aliphatic rings. The van der Waals surface area contributed by atoms with Crippen molar-refractivity contribution in [1.82, 2.24) is 15.2 Å². The van der Waals surface area contributed by atoms with E-state index in [0.717, 1.165) is 68.3 Å². The number of H-pyrrole nitrogens is 1. The number of carboxylic acids is 1. The minimum Gasteiger partial charge on any atom is -0.480 e. The molecule has 0 radical (unpaired) electrons. The van der Waals surface area contributed by atoms with Crippen LogP contribution in [0.2, 0.25) is 0 Å². The Morgan fingerprint density at radius 3 is 2.84 bits per heavy atom. The summed E-state index contributed by atoms with van der Waals surface area (Å²) in [6.45, 7) is 5.43. The summed E-state index contributed by atoms with van der Waals surface area (Å²) in [7, 11) is 0. The summed E-state index contributed by atoms with van der Waals surface area (Å²) < 4.78 is 39.9. The molecule has 174 valence electrons. The molecule has 0 spiro atoms. The fourth-order valence-electron chi connectivity index (χ4n) is 6.38. The number of likely N-dealkylation sites (tertiary alicyclic amines) is 1. The summed E-state index contributed by atoms with van der Waals surface area (Å²) >= 11 is 0. The monoisotopic (exact) mass is 449 g/mol. The number of aromatic amines is 1. The van der Waals surface area contributed by atoms with Crippen molar-refractivity contribution in [1.29, 1.82) is 0 Å². The molecule has 5 rings (SSSR count). The molecule has 0 bridgehead atoms. The van der Waals surface area contributed by atoms with Crippen LogP contribution in [0.4, 0.5) is 13.2 Å². The van der Waals surface area contributed by atoms with E-state index in [2.05, 4.69) is 22.1 Å². The number of alkyl halides is 3. The molecular weight excluding hydrogens is 419 g/mol. The van der Waals surface area contributed by atoms with E-state index in [-0.39, 0.29) is 5.92 Å². The smallest absolute Gasteiger partial charge is 0.416 e. The van der Waals surface area contributed by atoms with E-state index in [1.807, 2.05) is 0 Å². The van der Waals surface area contributed by atoms with E-state index in [1.165, 1.54) is 6.07 Å². The molecular formula is C24H30F3N3O2. The molecule has 32 heavy (non-hydrogen) atoms. The number of halogens is 3. The maximum absolute atomic E-state index is 13.3. The second-order valence-electron chi connectivity index (χ2n) is 9.95. The molecule has 8 heteroatoms. The van der Waals surface area contributed by atoms with E-state index in [4.69, 9.17) is 0 Å². The molecule has 2 saturated heterocycles. The number of piperidine rings is 1. The van der Waals surface area contributed by atoms with E-state index >= 15 is 0 Å². The Balaban J connectivity index is 1.36. The number of nitrogens with zero attached hydrogens (tertiary/aromatic N) is 1. The lowest BCUT2D eigenvalue weighted by molar-refractivity contribution is -0.144. The minimum atomic E-state index is -4.35. The Bertz CT molecular complexity index is 1030. The molecule has 1 aromatic carbocycles. The molecule has 2 aromatic rings. The van der Waals surface area contributed by atoms with Crippen LogP contribution in [0.15, 0.2) is 18.2 Å². The Morgan fingerprint density at radius 2 is 2.16 bits per heavy atom. The molecule has 3 heterocycles. The maximum Gasteiger partial charge on any atom is 0.416 e. The highest BCUT2D eigenvalue weighted by Crippen LogP contribution is 2.47. The number of hydrogen-bond acceptors (Lipinski definition) is 3. The molecule has 0 saturated carbocycles. The molecule has 0 amide bonds. The SMILES string of the molecule is CC1c2c([nH]c3ccc(C(F)(F)F)cc23)CC2CCN(CCC3(C(=O)O)CCCN3)C[C@@H]21. The van der Waals surface area contributed by atoms with Gasteiger partial charge in [-0.3, -0.25) is 4.79 Å². The Hall–Kier alpha value is -2.06. The summed E-state index contributed by atoms with van der Waals surface area (Å²) in [6.07, 6.45) is -0.313. The van der Waals surface area contributed by atoms with Gasteiger partial charge in [0.1, 0.15) is 5.54 Å². The zero-order chi connectivity index (χ0) is 22.7. The van der Waals surface area contributed by atoms with Gasteiger partial charge in [0.15, 0.2) is 0 Å². The first-order valence-electron chi connectivity index (χ1n) is 11.6. The van der Waals surface area contributed by atoms with Crippen LogP contribution >= 0.6 is 0 Å². The van der Waals surface area contributed by atoms with Crippen LogP contribution in [-0.2, 0) is 17.4 Å².